The van der Waals surface area contributed by atoms with Gasteiger partial charge in [0.25, 0.3) is 11.5 Å². The largest absolute Gasteiger partial charge is 0.506 e. The van der Waals surface area contributed by atoms with Crippen LogP contribution >= 0.6 is 22.9 Å². The number of hydrogen-bond donors (Lipinski definition) is 1. The smallest absolute Gasteiger partial charge is 0.254 e. The van der Waals surface area contributed by atoms with Gasteiger partial charge in [0.2, 0.25) is 0 Å². The monoisotopic (exact) mass is 539 g/mol. The summed E-state index contributed by atoms with van der Waals surface area (Å²) in [6.45, 7) is 5.47. The Balaban J connectivity index is 1.82. The quantitative estimate of drug-likeness (QED) is 0.338. The van der Waals surface area contributed by atoms with Gasteiger partial charge in [-0.25, -0.2) is 0 Å². The third-order valence-corrected chi connectivity index (χ3v) is 6.86. The molecule has 0 bridgehead atoms. The molecule has 0 aliphatic carbocycles. The van der Waals surface area contributed by atoms with Gasteiger partial charge in [0, 0.05) is 47.4 Å². The highest BCUT2D eigenvalue weighted by molar-refractivity contribution is 7.16. The molecule has 192 valence electrons. The fraction of sp³-hybridized carbons (Fsp3) is 0.269. The summed E-state index contributed by atoms with van der Waals surface area (Å²) in [7, 11) is 1.81. The lowest BCUT2D eigenvalue weighted by molar-refractivity contribution is 0.0750. The standard InChI is InChI=1S/C26H26ClN5O4S/c1-26(2,3)25(36)32-22(30(4)14-17-5-7-21(27)37-17)13-18(29-32)24-19(33)6-8-23(35)31(24)15-20(34)16-9-11-28-12-10-16/h5-13,33H,14-15H2,1-4H3. The van der Waals surface area contributed by atoms with E-state index in [1.165, 1.54) is 40.5 Å². The maximum Gasteiger partial charge on any atom is 0.254 e. The maximum atomic E-state index is 13.4. The van der Waals surface area contributed by atoms with Crippen molar-refractivity contribution in [3.8, 4) is 17.1 Å². The van der Waals surface area contributed by atoms with Crippen LogP contribution in [0.5, 0.6) is 5.75 Å². The minimum absolute atomic E-state index is 0.0455. The highest BCUT2D eigenvalue weighted by Gasteiger charge is 2.29. The number of carbonyl (C=O) groups is 2. The molecule has 0 saturated carbocycles. The van der Waals surface area contributed by atoms with E-state index in [4.69, 9.17) is 11.6 Å². The molecule has 0 radical (unpaired) electrons. The zero-order chi connectivity index (χ0) is 26.9. The fourth-order valence-electron chi connectivity index (χ4n) is 3.74. The van der Waals surface area contributed by atoms with E-state index in [-0.39, 0.29) is 35.4 Å². The number of aromatic nitrogens is 4. The molecule has 4 aromatic heterocycles. The van der Waals surface area contributed by atoms with E-state index in [0.29, 0.717) is 22.3 Å². The van der Waals surface area contributed by atoms with Gasteiger partial charge in [-0.05, 0) is 30.3 Å². The number of hydrogen-bond acceptors (Lipinski definition) is 8. The molecule has 9 nitrogen and oxygen atoms in total. The van der Waals surface area contributed by atoms with E-state index < -0.39 is 11.0 Å². The zero-order valence-electron chi connectivity index (χ0n) is 20.8. The van der Waals surface area contributed by atoms with Gasteiger partial charge >= 0.3 is 0 Å². The van der Waals surface area contributed by atoms with Crippen molar-refractivity contribution in [2.45, 2.75) is 33.9 Å². The molecule has 0 unspecified atom stereocenters. The Morgan fingerprint density at radius 1 is 1.11 bits per heavy atom. The van der Waals surface area contributed by atoms with E-state index in [9.17, 15) is 19.5 Å². The molecule has 0 aliphatic rings. The van der Waals surface area contributed by atoms with E-state index >= 15 is 0 Å². The van der Waals surface area contributed by atoms with E-state index in [1.54, 1.807) is 45.0 Å². The highest BCUT2D eigenvalue weighted by atomic mass is 35.5. The fourth-order valence-corrected chi connectivity index (χ4v) is 4.89. The third kappa shape index (κ3) is 5.65. The Kier molecular flexibility index (Phi) is 7.33. The molecule has 11 heteroatoms. The van der Waals surface area contributed by atoms with E-state index in [1.807, 2.05) is 18.0 Å². The van der Waals surface area contributed by atoms with Crippen LogP contribution in [0.4, 0.5) is 5.82 Å². The molecule has 37 heavy (non-hydrogen) atoms. The molecule has 0 amide bonds. The minimum atomic E-state index is -0.763. The number of halogens is 1. The van der Waals surface area contributed by atoms with Crippen molar-refractivity contribution in [3.05, 3.63) is 80.0 Å². The van der Waals surface area contributed by atoms with Gasteiger partial charge in [-0.2, -0.15) is 9.78 Å². The van der Waals surface area contributed by atoms with Crippen LogP contribution in [-0.4, -0.2) is 43.2 Å². The molecule has 0 spiro atoms. The lowest BCUT2D eigenvalue weighted by Crippen LogP contribution is -2.31. The van der Waals surface area contributed by atoms with Crippen LogP contribution in [0.3, 0.4) is 0 Å². The molecule has 4 rings (SSSR count). The average molecular weight is 540 g/mol. The summed E-state index contributed by atoms with van der Waals surface area (Å²) in [4.78, 5) is 45.9. The molecular formula is C26H26ClN5O4S. The first kappa shape index (κ1) is 26.3. The van der Waals surface area contributed by atoms with Crippen LogP contribution in [0, 0.1) is 5.41 Å². The predicted molar refractivity (Wildman–Crippen MR) is 144 cm³/mol. The van der Waals surface area contributed by atoms with Crippen molar-refractivity contribution in [2.24, 2.45) is 5.41 Å². The Labute approximate surface area is 222 Å². The van der Waals surface area contributed by atoms with Crippen molar-refractivity contribution in [3.63, 3.8) is 0 Å². The summed E-state index contributed by atoms with van der Waals surface area (Å²) in [6.07, 6.45) is 2.98. The number of aromatic hydroxyl groups is 1. The summed E-state index contributed by atoms with van der Waals surface area (Å²) in [5.74, 6) is -0.396. The van der Waals surface area contributed by atoms with Crippen molar-refractivity contribution in [1.29, 1.82) is 0 Å². The summed E-state index contributed by atoms with van der Waals surface area (Å²) >= 11 is 7.52. The summed E-state index contributed by atoms with van der Waals surface area (Å²) in [5, 5.41) is 15.3. The second-order valence-electron chi connectivity index (χ2n) is 9.57. The molecular weight excluding hydrogens is 514 g/mol. The van der Waals surface area contributed by atoms with Crippen molar-refractivity contribution < 1.29 is 14.7 Å². The van der Waals surface area contributed by atoms with Crippen LogP contribution in [0.15, 0.2) is 59.7 Å². The van der Waals surface area contributed by atoms with Gasteiger partial charge in [-0.15, -0.1) is 11.3 Å². The molecule has 0 atom stereocenters. The van der Waals surface area contributed by atoms with Crippen molar-refractivity contribution >= 4 is 40.4 Å². The first-order chi connectivity index (χ1) is 17.5. The van der Waals surface area contributed by atoms with Gasteiger partial charge in [-0.3, -0.25) is 23.9 Å². The summed E-state index contributed by atoms with van der Waals surface area (Å²) in [5.41, 5.74) is -0.652. The van der Waals surface area contributed by atoms with Gasteiger partial charge in [0.05, 0.1) is 17.4 Å². The van der Waals surface area contributed by atoms with Gasteiger partial charge < -0.3 is 10.0 Å². The van der Waals surface area contributed by atoms with E-state index in [0.717, 1.165) is 9.44 Å². The molecule has 0 aromatic carbocycles. The Morgan fingerprint density at radius 2 is 1.81 bits per heavy atom. The van der Waals surface area contributed by atoms with Crippen LogP contribution in [0.25, 0.3) is 11.4 Å². The van der Waals surface area contributed by atoms with Crippen LogP contribution < -0.4 is 10.5 Å². The number of nitrogens with zero attached hydrogens (tertiary/aromatic N) is 5. The molecule has 0 aliphatic heterocycles. The first-order valence-corrected chi connectivity index (χ1v) is 12.6. The number of carbonyl (C=O) groups excluding carboxylic acids is 2. The topological polar surface area (TPSA) is 110 Å². The minimum Gasteiger partial charge on any atom is -0.506 e. The molecule has 4 heterocycles. The van der Waals surface area contributed by atoms with Crippen LogP contribution in [0.1, 0.15) is 40.8 Å². The summed E-state index contributed by atoms with van der Waals surface area (Å²) in [6, 6.07) is 10.9. The predicted octanol–water partition coefficient (Wildman–Crippen LogP) is 4.73. The number of thiophene rings is 1. The Hall–Kier alpha value is -3.76. The Morgan fingerprint density at radius 3 is 2.43 bits per heavy atom. The lowest BCUT2D eigenvalue weighted by Gasteiger charge is -2.22. The van der Waals surface area contributed by atoms with Gasteiger partial charge in [-0.1, -0.05) is 32.4 Å². The average Bonchev–Trinajstić information content (AvgIpc) is 3.47. The van der Waals surface area contributed by atoms with Crippen LogP contribution in [-0.2, 0) is 13.1 Å². The second-order valence-corrected chi connectivity index (χ2v) is 11.4. The highest BCUT2D eigenvalue weighted by Crippen LogP contribution is 2.33. The van der Waals surface area contributed by atoms with Crippen molar-refractivity contribution in [1.82, 2.24) is 19.3 Å². The molecule has 0 saturated heterocycles. The molecule has 4 aromatic rings. The summed E-state index contributed by atoms with van der Waals surface area (Å²) < 4.78 is 3.09. The number of Topliss-reactive ketones (excluding diaryl/α,β-unsaturated/α-hetero) is 1. The molecule has 1 N–H and O–H groups in total. The zero-order valence-corrected chi connectivity index (χ0v) is 22.4. The van der Waals surface area contributed by atoms with Gasteiger partial charge in [0.1, 0.15) is 23.0 Å². The number of rotatable bonds is 7. The normalized spacial score (nSPS) is 11.5. The maximum absolute atomic E-state index is 13.4. The lowest BCUT2D eigenvalue weighted by atomic mass is 9.96. The number of ketones is 1. The van der Waals surface area contributed by atoms with Gasteiger partial charge in [0.15, 0.2) is 5.78 Å². The SMILES string of the molecule is CN(Cc1ccc(Cl)s1)c1cc(-c2c(O)ccc(=O)n2CC(=O)c2ccncc2)nn1C(=O)C(C)(C)C. The third-order valence-electron chi connectivity index (χ3n) is 5.65. The van der Waals surface area contributed by atoms with Crippen LogP contribution in [0.2, 0.25) is 4.34 Å². The first-order valence-electron chi connectivity index (χ1n) is 11.4. The number of pyridine rings is 2. The number of anilines is 1. The second kappa shape index (κ2) is 10.3. The molecule has 0 fully saturated rings. The Bertz CT molecular complexity index is 1520. The van der Waals surface area contributed by atoms with Crippen molar-refractivity contribution in [2.75, 3.05) is 11.9 Å². The van der Waals surface area contributed by atoms with E-state index in [2.05, 4.69) is 10.1 Å².